The number of nitrogens with one attached hydrogen (secondary N) is 1. The van der Waals surface area contributed by atoms with Gasteiger partial charge in [-0.15, -0.1) is 0 Å². The van der Waals surface area contributed by atoms with E-state index >= 15 is 0 Å². The van der Waals surface area contributed by atoms with Gasteiger partial charge in [0.2, 0.25) is 11.7 Å². The number of nitro groups is 1. The zero-order valence-electron chi connectivity index (χ0n) is 10.4. The van der Waals surface area contributed by atoms with E-state index in [-0.39, 0.29) is 18.3 Å². The van der Waals surface area contributed by atoms with Crippen LogP contribution in [0.25, 0.3) is 0 Å². The summed E-state index contributed by atoms with van der Waals surface area (Å²) in [6.45, 7) is 2.74. The highest BCUT2D eigenvalue weighted by Crippen LogP contribution is 2.09. The molecule has 1 heterocycles. The fourth-order valence-electron chi connectivity index (χ4n) is 1.39. The second kappa shape index (κ2) is 6.70. The maximum absolute atomic E-state index is 11.5. The number of carbonyl (C=O) groups excluding carboxylic acids is 1. The molecule has 0 spiro atoms. The van der Waals surface area contributed by atoms with Crippen LogP contribution in [0.2, 0.25) is 0 Å². The van der Waals surface area contributed by atoms with Crippen molar-refractivity contribution in [1.29, 1.82) is 0 Å². The first-order chi connectivity index (χ1) is 8.54. The average Bonchev–Trinajstić information content (AvgIpc) is 2.67. The highest BCUT2D eigenvalue weighted by atomic mass is 16.6. The fourth-order valence-corrected chi connectivity index (χ4v) is 1.39. The number of aryl methyl sites for hydroxylation is 1. The first-order valence-corrected chi connectivity index (χ1v) is 5.48. The molecule has 0 radical (unpaired) electrons. The molecule has 0 fully saturated rings. The zero-order valence-corrected chi connectivity index (χ0v) is 10.4. The summed E-state index contributed by atoms with van der Waals surface area (Å²) in [5, 5.41) is 13.2. The Bertz CT molecular complexity index is 430. The lowest BCUT2D eigenvalue weighted by Crippen LogP contribution is -2.29. The molecule has 100 valence electrons. The van der Waals surface area contributed by atoms with E-state index in [9.17, 15) is 14.9 Å². The maximum atomic E-state index is 11.5. The maximum Gasteiger partial charge on any atom is 0.381 e. The van der Waals surface area contributed by atoms with Crippen LogP contribution < -0.4 is 5.32 Å². The summed E-state index contributed by atoms with van der Waals surface area (Å²) in [6.07, 6.45) is 1.98. The largest absolute Gasteiger partial charge is 0.385 e. The van der Waals surface area contributed by atoms with Gasteiger partial charge in [-0.2, -0.15) is 0 Å². The van der Waals surface area contributed by atoms with Gasteiger partial charge < -0.3 is 20.2 Å². The van der Waals surface area contributed by atoms with E-state index in [4.69, 9.17) is 4.74 Å². The molecule has 1 N–H and O–H groups in total. The minimum absolute atomic E-state index is 0.0274. The number of methoxy groups -OCH3 is 1. The Morgan fingerprint density at radius 1 is 1.67 bits per heavy atom. The lowest BCUT2D eigenvalue weighted by atomic mass is 10.4. The number of aromatic nitrogens is 2. The lowest BCUT2D eigenvalue weighted by Gasteiger charge is -2.05. The molecule has 0 aromatic carbocycles. The molecule has 0 aliphatic carbocycles. The van der Waals surface area contributed by atoms with Crippen LogP contribution in [0.3, 0.4) is 0 Å². The molecule has 0 bridgehead atoms. The van der Waals surface area contributed by atoms with Gasteiger partial charge in [-0.05, 0) is 16.3 Å². The summed E-state index contributed by atoms with van der Waals surface area (Å²) >= 11 is 0. The van der Waals surface area contributed by atoms with Gasteiger partial charge in [-0.1, -0.05) is 0 Å². The molecule has 0 aliphatic heterocycles. The number of amides is 1. The number of ether oxygens (including phenoxy) is 1. The summed E-state index contributed by atoms with van der Waals surface area (Å²) in [5.41, 5.74) is 0. The van der Waals surface area contributed by atoms with Crippen molar-refractivity contribution in [3.05, 3.63) is 22.1 Å². The molecule has 0 atom stereocenters. The molecule has 1 aromatic rings. The molecule has 0 saturated heterocycles. The van der Waals surface area contributed by atoms with Gasteiger partial charge in [0, 0.05) is 27.2 Å². The van der Waals surface area contributed by atoms with Crippen LogP contribution in [0.1, 0.15) is 12.2 Å². The molecule has 1 rings (SSSR count). The molecule has 1 amide bonds. The Hall–Kier alpha value is -1.96. The molecule has 0 aliphatic rings. The normalized spacial score (nSPS) is 10.3. The third-order valence-corrected chi connectivity index (χ3v) is 2.31. The Morgan fingerprint density at radius 2 is 2.39 bits per heavy atom. The second-order valence-electron chi connectivity index (χ2n) is 3.73. The highest BCUT2D eigenvalue weighted by molar-refractivity contribution is 5.75. The van der Waals surface area contributed by atoms with Gasteiger partial charge in [0.05, 0.1) is 0 Å². The molecular formula is C10H16N4O4. The summed E-state index contributed by atoms with van der Waals surface area (Å²) < 4.78 is 6.30. The Morgan fingerprint density at radius 3 is 2.94 bits per heavy atom. The van der Waals surface area contributed by atoms with Gasteiger partial charge in [0.25, 0.3) is 0 Å². The van der Waals surface area contributed by atoms with Crippen molar-refractivity contribution in [2.45, 2.75) is 19.9 Å². The average molecular weight is 256 g/mol. The second-order valence-corrected chi connectivity index (χ2v) is 3.73. The van der Waals surface area contributed by atoms with E-state index in [1.807, 2.05) is 0 Å². The monoisotopic (exact) mass is 256 g/mol. The molecule has 1 aromatic heterocycles. The number of carbonyl (C=O) groups is 1. The summed E-state index contributed by atoms with van der Waals surface area (Å²) in [4.78, 5) is 25.2. The third-order valence-electron chi connectivity index (χ3n) is 2.31. The van der Waals surface area contributed by atoms with E-state index in [1.165, 1.54) is 10.8 Å². The van der Waals surface area contributed by atoms with E-state index in [0.29, 0.717) is 19.0 Å². The minimum Gasteiger partial charge on any atom is -0.385 e. The van der Waals surface area contributed by atoms with Crippen LogP contribution in [0.5, 0.6) is 0 Å². The number of hydrogen-bond acceptors (Lipinski definition) is 5. The number of nitrogens with zero attached hydrogens (tertiary/aromatic N) is 3. The molecular weight excluding hydrogens is 240 g/mol. The molecule has 0 saturated carbocycles. The smallest absolute Gasteiger partial charge is 0.381 e. The quantitative estimate of drug-likeness (QED) is 0.428. The highest BCUT2D eigenvalue weighted by Gasteiger charge is 2.16. The van der Waals surface area contributed by atoms with Crippen molar-refractivity contribution >= 4 is 11.7 Å². The van der Waals surface area contributed by atoms with Crippen LogP contribution in [0, 0.1) is 17.0 Å². The van der Waals surface area contributed by atoms with Crippen LogP contribution in [0.4, 0.5) is 5.82 Å². The fraction of sp³-hybridized carbons (Fsp3) is 0.600. The van der Waals surface area contributed by atoms with Crippen LogP contribution in [-0.2, 0) is 16.1 Å². The van der Waals surface area contributed by atoms with Crippen molar-refractivity contribution in [3.63, 3.8) is 0 Å². The Balaban J connectivity index is 2.46. The summed E-state index contributed by atoms with van der Waals surface area (Å²) in [7, 11) is 1.59. The molecule has 0 unspecified atom stereocenters. The SMILES string of the molecule is COCCCNC(=O)Cn1cc([N+](=O)[O-])nc1C. The van der Waals surface area contributed by atoms with E-state index < -0.39 is 4.92 Å². The number of rotatable bonds is 7. The number of imidazole rings is 1. The topological polar surface area (TPSA) is 99.3 Å². The summed E-state index contributed by atoms with van der Waals surface area (Å²) in [6, 6.07) is 0. The summed E-state index contributed by atoms with van der Waals surface area (Å²) in [5.74, 6) is -0.0186. The van der Waals surface area contributed by atoms with Gasteiger partial charge in [0.15, 0.2) is 0 Å². The molecule has 8 nitrogen and oxygen atoms in total. The lowest BCUT2D eigenvalue weighted by molar-refractivity contribution is -0.389. The van der Waals surface area contributed by atoms with Crippen molar-refractivity contribution < 1.29 is 14.5 Å². The van der Waals surface area contributed by atoms with Crippen molar-refractivity contribution in [2.75, 3.05) is 20.3 Å². The first kappa shape index (κ1) is 14.1. The van der Waals surface area contributed by atoms with Gasteiger partial charge in [-0.25, -0.2) is 0 Å². The van der Waals surface area contributed by atoms with Crippen molar-refractivity contribution in [1.82, 2.24) is 14.9 Å². The Labute approximate surface area is 104 Å². The van der Waals surface area contributed by atoms with Gasteiger partial charge >= 0.3 is 5.82 Å². The third kappa shape index (κ3) is 4.13. The van der Waals surface area contributed by atoms with E-state index in [0.717, 1.165) is 6.42 Å². The van der Waals surface area contributed by atoms with E-state index in [2.05, 4.69) is 10.3 Å². The van der Waals surface area contributed by atoms with Gasteiger partial charge in [-0.3, -0.25) is 9.36 Å². The van der Waals surface area contributed by atoms with Gasteiger partial charge in [0.1, 0.15) is 12.7 Å². The Kier molecular flexibility index (Phi) is 5.25. The minimum atomic E-state index is -0.583. The van der Waals surface area contributed by atoms with Crippen LogP contribution in [-0.4, -0.2) is 40.6 Å². The number of hydrogen-bond donors (Lipinski definition) is 1. The van der Waals surface area contributed by atoms with Crippen molar-refractivity contribution in [2.24, 2.45) is 0 Å². The molecule has 8 heteroatoms. The van der Waals surface area contributed by atoms with Crippen molar-refractivity contribution in [3.8, 4) is 0 Å². The first-order valence-electron chi connectivity index (χ1n) is 5.48. The van der Waals surface area contributed by atoms with Crippen LogP contribution >= 0.6 is 0 Å². The molecule has 18 heavy (non-hydrogen) atoms. The van der Waals surface area contributed by atoms with E-state index in [1.54, 1.807) is 14.0 Å². The van der Waals surface area contributed by atoms with Crippen LogP contribution in [0.15, 0.2) is 6.20 Å². The predicted molar refractivity (Wildman–Crippen MR) is 63.1 cm³/mol. The predicted octanol–water partition coefficient (Wildman–Crippen LogP) is 0.252. The standard InChI is InChI=1S/C10H16N4O4/c1-8-12-9(14(16)17)6-13(8)7-10(15)11-4-3-5-18-2/h6H,3-5,7H2,1-2H3,(H,11,15). The zero-order chi connectivity index (χ0) is 13.5.